The Hall–Kier alpha value is -2.18. The smallest absolute Gasteiger partial charge is 0.406 e. The Morgan fingerprint density at radius 2 is 1.27 bits per heavy atom. The molecule has 0 amide bonds. The molecule has 1 nitrogen and oxygen atoms in total. The topological polar surface area (TPSA) is 9.23 Å². The molecule has 0 spiro atoms. The minimum Gasteiger partial charge on any atom is -0.406 e. The van der Waals surface area contributed by atoms with E-state index in [0.717, 1.165) is 36.7 Å². The maximum atomic E-state index is 15.7. The summed E-state index contributed by atoms with van der Waals surface area (Å²) >= 11 is 0. The Balaban J connectivity index is 1.20. The maximum Gasteiger partial charge on any atom is 0.573 e. The van der Waals surface area contributed by atoms with Crippen molar-refractivity contribution >= 4 is 0 Å². The van der Waals surface area contributed by atoms with Crippen molar-refractivity contribution in [3.05, 3.63) is 64.0 Å². The van der Waals surface area contributed by atoms with Crippen molar-refractivity contribution in [3.63, 3.8) is 0 Å². The van der Waals surface area contributed by atoms with Gasteiger partial charge in [0.05, 0.1) is 0 Å². The van der Waals surface area contributed by atoms with Gasteiger partial charge in [-0.2, -0.15) is 0 Å². The van der Waals surface area contributed by atoms with E-state index in [4.69, 9.17) is 0 Å². The number of halogens is 6. The number of benzene rings is 2. The van der Waals surface area contributed by atoms with Crippen molar-refractivity contribution in [1.82, 2.24) is 0 Å². The molecule has 3 aliphatic rings. The highest BCUT2D eigenvalue weighted by Gasteiger charge is 2.35. The monoisotopic (exact) mass is 566 g/mol. The Kier molecular flexibility index (Phi) is 9.06. The average Bonchev–Trinajstić information content (AvgIpc) is 2.95. The van der Waals surface area contributed by atoms with Crippen LogP contribution in [0.5, 0.6) is 5.75 Å². The summed E-state index contributed by atoms with van der Waals surface area (Å²) in [7, 11) is 0. The van der Waals surface area contributed by atoms with Crippen LogP contribution in [-0.4, -0.2) is 6.36 Å². The van der Waals surface area contributed by atoms with Gasteiger partial charge in [-0.15, -0.1) is 13.2 Å². The molecule has 0 N–H and O–H groups in total. The van der Waals surface area contributed by atoms with E-state index in [2.05, 4.69) is 11.7 Å². The van der Waals surface area contributed by atoms with Gasteiger partial charge in [0.2, 0.25) is 0 Å². The standard InChI is InChI=1S/C33H40F6O/c1-2-20-3-5-21(6-4-20)7-8-22-9-18-27-28(19-22)31(35)32(36)29(30(27)34)25-12-10-23(11-13-25)24-14-16-26(17-15-24)40-33(37,38)39/h14-17,20-23,25H,2-13,18-19H2,1H3. The molecule has 0 aromatic heterocycles. The minimum absolute atomic E-state index is 0.0718. The van der Waals surface area contributed by atoms with Crippen LogP contribution in [0.15, 0.2) is 24.3 Å². The minimum atomic E-state index is -4.74. The molecule has 0 bridgehead atoms. The second-order valence-electron chi connectivity index (χ2n) is 12.5. The molecule has 0 heterocycles. The van der Waals surface area contributed by atoms with Gasteiger partial charge in [0, 0.05) is 5.56 Å². The van der Waals surface area contributed by atoms with E-state index in [9.17, 15) is 13.2 Å². The van der Waals surface area contributed by atoms with Crippen LogP contribution in [0.4, 0.5) is 26.3 Å². The van der Waals surface area contributed by atoms with Crippen molar-refractivity contribution < 1.29 is 31.1 Å². The van der Waals surface area contributed by atoms with Gasteiger partial charge in [-0.3, -0.25) is 0 Å². The second kappa shape index (κ2) is 12.4. The second-order valence-corrected chi connectivity index (χ2v) is 12.5. The first-order chi connectivity index (χ1) is 19.1. The molecule has 2 aromatic carbocycles. The zero-order valence-electron chi connectivity index (χ0n) is 23.3. The molecule has 0 radical (unpaired) electrons. The van der Waals surface area contributed by atoms with Crippen LogP contribution >= 0.6 is 0 Å². The number of rotatable bonds is 7. The van der Waals surface area contributed by atoms with Crippen molar-refractivity contribution in [3.8, 4) is 5.75 Å². The van der Waals surface area contributed by atoms with Crippen molar-refractivity contribution in [2.45, 2.75) is 115 Å². The lowest BCUT2D eigenvalue weighted by molar-refractivity contribution is -0.274. The van der Waals surface area contributed by atoms with Crippen LogP contribution in [0, 0.1) is 35.2 Å². The molecule has 2 saturated carbocycles. The summed E-state index contributed by atoms with van der Waals surface area (Å²) in [4.78, 5) is 0. The maximum absolute atomic E-state index is 15.7. The zero-order valence-corrected chi connectivity index (χ0v) is 23.3. The van der Waals surface area contributed by atoms with Crippen LogP contribution in [0.3, 0.4) is 0 Å². The molecule has 0 aliphatic heterocycles. The van der Waals surface area contributed by atoms with Gasteiger partial charge in [-0.05, 0) is 110 Å². The van der Waals surface area contributed by atoms with Crippen LogP contribution in [0.1, 0.15) is 118 Å². The third kappa shape index (κ3) is 6.65. The molecular formula is C33H40F6O. The molecule has 1 atom stereocenters. The van der Waals surface area contributed by atoms with Gasteiger partial charge in [0.15, 0.2) is 11.6 Å². The summed E-state index contributed by atoms with van der Waals surface area (Å²) in [5.74, 6) is -1.18. The summed E-state index contributed by atoms with van der Waals surface area (Å²) in [5.41, 5.74) is 1.39. The largest absolute Gasteiger partial charge is 0.573 e. The Morgan fingerprint density at radius 1 is 0.675 bits per heavy atom. The summed E-state index contributed by atoms with van der Waals surface area (Å²) < 4.78 is 87.8. The van der Waals surface area contributed by atoms with Gasteiger partial charge in [0.1, 0.15) is 11.6 Å². The molecule has 2 aromatic rings. The summed E-state index contributed by atoms with van der Waals surface area (Å²) in [6.07, 6.45) is 7.72. The summed E-state index contributed by atoms with van der Waals surface area (Å²) in [5, 5.41) is 0. The highest BCUT2D eigenvalue weighted by atomic mass is 19.4. The molecule has 40 heavy (non-hydrogen) atoms. The van der Waals surface area contributed by atoms with Crippen LogP contribution in [0.2, 0.25) is 0 Å². The Labute approximate surface area is 233 Å². The number of alkyl halides is 3. The molecule has 7 heteroatoms. The summed E-state index contributed by atoms with van der Waals surface area (Å²) in [6.45, 7) is 2.26. The predicted octanol–water partition coefficient (Wildman–Crippen LogP) is 10.5. The lowest BCUT2D eigenvalue weighted by Crippen LogP contribution is -2.23. The van der Waals surface area contributed by atoms with E-state index in [0.29, 0.717) is 44.1 Å². The summed E-state index contributed by atoms with van der Waals surface area (Å²) in [6, 6.07) is 5.80. The Bertz CT molecular complexity index is 1140. The van der Waals surface area contributed by atoms with Crippen molar-refractivity contribution in [2.24, 2.45) is 17.8 Å². The lowest BCUT2D eigenvalue weighted by atomic mass is 9.73. The molecular weight excluding hydrogens is 526 g/mol. The predicted molar refractivity (Wildman–Crippen MR) is 144 cm³/mol. The highest BCUT2D eigenvalue weighted by molar-refractivity contribution is 5.40. The van der Waals surface area contributed by atoms with E-state index in [1.54, 1.807) is 12.1 Å². The number of hydrogen-bond donors (Lipinski definition) is 0. The quantitative estimate of drug-likeness (QED) is 0.239. The number of ether oxygens (including phenoxy) is 1. The van der Waals surface area contributed by atoms with Gasteiger partial charge in [-0.1, -0.05) is 57.6 Å². The van der Waals surface area contributed by atoms with Crippen LogP contribution < -0.4 is 4.74 Å². The normalized spacial score (nSPS) is 27.3. The number of fused-ring (bicyclic) bond motifs is 1. The first-order valence-electron chi connectivity index (χ1n) is 15.2. The van der Waals surface area contributed by atoms with Crippen LogP contribution in [-0.2, 0) is 12.8 Å². The van der Waals surface area contributed by atoms with Crippen LogP contribution in [0.25, 0.3) is 0 Å². The lowest BCUT2D eigenvalue weighted by Gasteiger charge is -2.33. The third-order valence-corrected chi connectivity index (χ3v) is 10.1. The van der Waals surface area contributed by atoms with Crippen molar-refractivity contribution in [2.75, 3.05) is 0 Å². The van der Waals surface area contributed by atoms with E-state index < -0.39 is 29.7 Å². The third-order valence-electron chi connectivity index (χ3n) is 10.1. The fourth-order valence-corrected chi connectivity index (χ4v) is 7.65. The fraction of sp³-hybridized carbons (Fsp3) is 0.636. The average molecular weight is 567 g/mol. The number of hydrogen-bond acceptors (Lipinski definition) is 1. The Morgan fingerprint density at radius 3 is 1.90 bits per heavy atom. The molecule has 0 saturated heterocycles. The highest BCUT2D eigenvalue weighted by Crippen LogP contribution is 2.45. The molecule has 220 valence electrons. The van der Waals surface area contributed by atoms with Gasteiger partial charge in [0.25, 0.3) is 0 Å². The SMILES string of the molecule is CCC1CCC(CCC2CCc3c(F)c(C4CCC(c5ccc(OC(F)(F)F)cc5)CC4)c(F)c(F)c3C2)CC1. The van der Waals surface area contributed by atoms with E-state index in [1.165, 1.54) is 44.2 Å². The zero-order chi connectivity index (χ0) is 28.4. The van der Waals surface area contributed by atoms with Gasteiger partial charge < -0.3 is 4.74 Å². The first kappa shape index (κ1) is 29.3. The van der Waals surface area contributed by atoms with E-state index in [-0.39, 0.29) is 28.7 Å². The van der Waals surface area contributed by atoms with Gasteiger partial charge in [-0.25, -0.2) is 13.2 Å². The molecule has 3 aliphatic carbocycles. The molecule has 1 unspecified atom stereocenters. The van der Waals surface area contributed by atoms with E-state index >= 15 is 13.2 Å². The first-order valence-corrected chi connectivity index (χ1v) is 15.2. The fourth-order valence-electron chi connectivity index (χ4n) is 7.65. The van der Waals surface area contributed by atoms with Crippen molar-refractivity contribution in [1.29, 1.82) is 0 Å². The van der Waals surface area contributed by atoms with Gasteiger partial charge >= 0.3 is 6.36 Å². The molecule has 5 rings (SSSR count). The van der Waals surface area contributed by atoms with E-state index in [1.807, 2.05) is 0 Å². The molecule has 2 fully saturated rings.